The number of nitrogens with one attached hydrogen (secondary N) is 1. The van der Waals surface area contributed by atoms with Crippen LogP contribution in [0.3, 0.4) is 0 Å². The second-order valence-corrected chi connectivity index (χ2v) is 8.74. The second-order valence-electron chi connectivity index (χ2n) is 8.74. The summed E-state index contributed by atoms with van der Waals surface area (Å²) < 4.78 is 0. The van der Waals surface area contributed by atoms with E-state index in [9.17, 15) is 0 Å². The van der Waals surface area contributed by atoms with Gasteiger partial charge in [-0.3, -0.25) is 0 Å². The molecule has 4 bridgehead atoms. The quantitative estimate of drug-likeness (QED) is 0.827. The Morgan fingerprint density at radius 1 is 1.10 bits per heavy atom. The van der Waals surface area contributed by atoms with Crippen LogP contribution in [-0.2, 0) is 0 Å². The van der Waals surface area contributed by atoms with E-state index in [0.717, 1.165) is 29.7 Å². The zero-order chi connectivity index (χ0) is 13.8. The fourth-order valence-electron chi connectivity index (χ4n) is 7.50. The highest BCUT2D eigenvalue weighted by molar-refractivity contribution is 5.13. The van der Waals surface area contributed by atoms with Gasteiger partial charge in [0.25, 0.3) is 0 Å². The number of likely N-dealkylation sites (N-methyl/N-ethyl adjacent to an activating group) is 1. The van der Waals surface area contributed by atoms with Crippen LogP contribution < -0.4 is 11.1 Å². The SMILES string of the molecule is CNC(CN)C12CC3CC(CC(C4CCCC4)(C3)C1)C2. The minimum atomic E-state index is 0.552. The number of hydrogen-bond donors (Lipinski definition) is 2. The molecule has 0 amide bonds. The van der Waals surface area contributed by atoms with Gasteiger partial charge in [0.2, 0.25) is 0 Å². The standard InChI is InChI=1S/C18H32N2/c1-20-16(11-19)18-9-13-6-14(10-18)8-17(7-13,12-18)15-4-2-3-5-15/h13-16,20H,2-12,19H2,1H3. The molecule has 5 aliphatic rings. The molecular weight excluding hydrogens is 244 g/mol. The van der Waals surface area contributed by atoms with Crippen molar-refractivity contribution in [2.75, 3.05) is 13.6 Å². The van der Waals surface area contributed by atoms with Gasteiger partial charge in [-0.1, -0.05) is 12.8 Å². The van der Waals surface area contributed by atoms with Crippen LogP contribution in [0.15, 0.2) is 0 Å². The zero-order valence-electron chi connectivity index (χ0n) is 13.2. The third-order valence-corrected chi connectivity index (χ3v) is 7.70. The van der Waals surface area contributed by atoms with E-state index in [1.54, 1.807) is 12.8 Å². The van der Waals surface area contributed by atoms with Crippen LogP contribution in [0.1, 0.15) is 64.2 Å². The Kier molecular flexibility index (Phi) is 3.20. The predicted octanol–water partition coefficient (Wildman–Crippen LogP) is 3.31. The number of hydrogen-bond acceptors (Lipinski definition) is 2. The Balaban J connectivity index is 1.67. The molecule has 114 valence electrons. The van der Waals surface area contributed by atoms with Crippen molar-refractivity contribution in [2.24, 2.45) is 34.3 Å². The molecule has 0 aromatic heterocycles. The summed E-state index contributed by atoms with van der Waals surface area (Å²) in [5.74, 6) is 3.11. The van der Waals surface area contributed by atoms with E-state index in [-0.39, 0.29) is 0 Å². The molecule has 3 N–H and O–H groups in total. The number of rotatable bonds is 4. The topological polar surface area (TPSA) is 38.0 Å². The summed E-state index contributed by atoms with van der Waals surface area (Å²) in [7, 11) is 2.14. The lowest BCUT2D eigenvalue weighted by molar-refractivity contribution is -0.146. The first-order valence-corrected chi connectivity index (χ1v) is 9.07. The van der Waals surface area contributed by atoms with Crippen LogP contribution in [0, 0.1) is 28.6 Å². The summed E-state index contributed by atoms with van der Waals surface area (Å²) in [4.78, 5) is 0. The third-order valence-electron chi connectivity index (χ3n) is 7.70. The van der Waals surface area contributed by atoms with Gasteiger partial charge in [0.15, 0.2) is 0 Å². The second kappa shape index (κ2) is 4.71. The van der Waals surface area contributed by atoms with Gasteiger partial charge in [-0.2, -0.15) is 0 Å². The first-order chi connectivity index (χ1) is 9.70. The van der Waals surface area contributed by atoms with E-state index in [2.05, 4.69) is 12.4 Å². The molecule has 0 heterocycles. The monoisotopic (exact) mass is 276 g/mol. The van der Waals surface area contributed by atoms with Gasteiger partial charge in [0.05, 0.1) is 0 Å². The summed E-state index contributed by atoms with van der Waals surface area (Å²) in [5.41, 5.74) is 7.42. The van der Waals surface area contributed by atoms with Crippen molar-refractivity contribution in [1.82, 2.24) is 5.32 Å². The molecular formula is C18H32N2. The molecule has 20 heavy (non-hydrogen) atoms. The molecule has 2 nitrogen and oxygen atoms in total. The van der Waals surface area contributed by atoms with Crippen LogP contribution in [0.2, 0.25) is 0 Å². The van der Waals surface area contributed by atoms with Crippen molar-refractivity contribution >= 4 is 0 Å². The minimum absolute atomic E-state index is 0.552. The maximum Gasteiger partial charge on any atom is 0.0244 e. The maximum absolute atomic E-state index is 6.14. The molecule has 5 aliphatic carbocycles. The van der Waals surface area contributed by atoms with Crippen molar-refractivity contribution in [1.29, 1.82) is 0 Å². The van der Waals surface area contributed by atoms with E-state index in [0.29, 0.717) is 11.5 Å². The third kappa shape index (κ3) is 1.83. The smallest absolute Gasteiger partial charge is 0.0244 e. The lowest BCUT2D eigenvalue weighted by atomic mass is 9.40. The number of nitrogens with two attached hydrogens (primary N) is 1. The normalized spacial score (nSPS) is 48.9. The molecule has 3 unspecified atom stereocenters. The van der Waals surface area contributed by atoms with E-state index >= 15 is 0 Å². The summed E-state index contributed by atoms with van der Waals surface area (Å²) in [6.45, 7) is 0.830. The first kappa shape index (κ1) is 13.6. The zero-order valence-corrected chi connectivity index (χ0v) is 13.2. The van der Waals surface area contributed by atoms with Gasteiger partial charge in [-0.25, -0.2) is 0 Å². The lowest BCUT2D eigenvalue weighted by Crippen LogP contribution is -2.61. The lowest BCUT2D eigenvalue weighted by Gasteiger charge is -2.66. The van der Waals surface area contributed by atoms with E-state index < -0.39 is 0 Å². The predicted molar refractivity (Wildman–Crippen MR) is 83.4 cm³/mol. The molecule has 5 fully saturated rings. The van der Waals surface area contributed by atoms with Crippen LogP contribution in [0.5, 0.6) is 0 Å². The molecule has 5 saturated carbocycles. The summed E-state index contributed by atoms with van der Waals surface area (Å²) in [5, 5.41) is 3.59. The van der Waals surface area contributed by atoms with Crippen LogP contribution in [-0.4, -0.2) is 19.6 Å². The minimum Gasteiger partial charge on any atom is -0.329 e. The van der Waals surface area contributed by atoms with Crippen LogP contribution in [0.4, 0.5) is 0 Å². The van der Waals surface area contributed by atoms with Crippen LogP contribution in [0.25, 0.3) is 0 Å². The van der Waals surface area contributed by atoms with E-state index in [4.69, 9.17) is 5.73 Å². The van der Waals surface area contributed by atoms with Gasteiger partial charge in [-0.15, -0.1) is 0 Å². The Morgan fingerprint density at radius 3 is 2.30 bits per heavy atom. The van der Waals surface area contributed by atoms with E-state index in [1.807, 2.05) is 0 Å². The highest BCUT2D eigenvalue weighted by Crippen LogP contribution is 2.69. The fraction of sp³-hybridized carbons (Fsp3) is 1.00. The van der Waals surface area contributed by atoms with E-state index in [1.165, 1.54) is 51.4 Å². The molecule has 2 heteroatoms. The van der Waals surface area contributed by atoms with Crippen molar-refractivity contribution in [3.05, 3.63) is 0 Å². The molecule has 5 rings (SSSR count). The Hall–Kier alpha value is -0.0800. The van der Waals surface area contributed by atoms with Gasteiger partial charge in [-0.05, 0) is 87.0 Å². The molecule has 0 spiro atoms. The average Bonchev–Trinajstić information content (AvgIpc) is 2.92. The highest BCUT2D eigenvalue weighted by Gasteiger charge is 2.61. The summed E-state index contributed by atoms with van der Waals surface area (Å²) >= 11 is 0. The Morgan fingerprint density at radius 2 is 1.75 bits per heavy atom. The summed E-state index contributed by atoms with van der Waals surface area (Å²) in [6, 6.07) is 0.564. The Labute approximate surface area is 124 Å². The molecule has 0 aliphatic heterocycles. The van der Waals surface area contributed by atoms with Crippen LogP contribution >= 0.6 is 0 Å². The Bertz CT molecular complexity index is 334. The van der Waals surface area contributed by atoms with Crippen molar-refractivity contribution in [3.8, 4) is 0 Å². The molecule has 3 atom stereocenters. The highest BCUT2D eigenvalue weighted by atomic mass is 14.9. The maximum atomic E-state index is 6.14. The molecule has 0 radical (unpaired) electrons. The molecule has 0 aromatic rings. The average molecular weight is 276 g/mol. The molecule has 0 aromatic carbocycles. The van der Waals surface area contributed by atoms with Crippen molar-refractivity contribution < 1.29 is 0 Å². The van der Waals surface area contributed by atoms with Crippen molar-refractivity contribution in [2.45, 2.75) is 70.3 Å². The van der Waals surface area contributed by atoms with Gasteiger partial charge in [0.1, 0.15) is 0 Å². The van der Waals surface area contributed by atoms with Gasteiger partial charge < -0.3 is 11.1 Å². The summed E-state index contributed by atoms with van der Waals surface area (Å²) in [6.07, 6.45) is 15.2. The molecule has 0 saturated heterocycles. The fourth-order valence-corrected chi connectivity index (χ4v) is 7.50. The van der Waals surface area contributed by atoms with Crippen molar-refractivity contribution in [3.63, 3.8) is 0 Å². The van der Waals surface area contributed by atoms with Gasteiger partial charge >= 0.3 is 0 Å². The first-order valence-electron chi connectivity index (χ1n) is 9.07. The largest absolute Gasteiger partial charge is 0.329 e. The van der Waals surface area contributed by atoms with Gasteiger partial charge in [0, 0.05) is 12.6 Å².